The van der Waals surface area contributed by atoms with Crippen LogP contribution >= 0.6 is 0 Å². The SMILES string of the molecule is COc1ccc2c(c1)CCCC2(CN)OCCO. The molecule has 2 rings (SSSR count). The van der Waals surface area contributed by atoms with E-state index in [9.17, 15) is 0 Å². The Balaban J connectivity index is 2.36. The van der Waals surface area contributed by atoms with Crippen LogP contribution in [0.15, 0.2) is 18.2 Å². The molecule has 1 aromatic rings. The molecule has 3 N–H and O–H groups in total. The normalized spacial score (nSPS) is 22.6. The van der Waals surface area contributed by atoms with E-state index in [-0.39, 0.29) is 6.61 Å². The van der Waals surface area contributed by atoms with Crippen LogP contribution in [0.25, 0.3) is 0 Å². The van der Waals surface area contributed by atoms with E-state index >= 15 is 0 Å². The van der Waals surface area contributed by atoms with Gasteiger partial charge in [-0.3, -0.25) is 0 Å². The Hall–Kier alpha value is -1.10. The first-order valence-electron chi connectivity index (χ1n) is 6.38. The Kier molecular flexibility index (Phi) is 4.22. The van der Waals surface area contributed by atoms with Crippen LogP contribution in [0.1, 0.15) is 24.0 Å². The van der Waals surface area contributed by atoms with Gasteiger partial charge >= 0.3 is 0 Å². The number of aliphatic hydroxyl groups excluding tert-OH is 1. The minimum atomic E-state index is -0.442. The lowest BCUT2D eigenvalue weighted by molar-refractivity contribution is -0.0676. The topological polar surface area (TPSA) is 64.7 Å². The maximum Gasteiger partial charge on any atom is 0.119 e. The molecule has 0 heterocycles. The monoisotopic (exact) mass is 251 g/mol. The zero-order valence-corrected chi connectivity index (χ0v) is 10.8. The van der Waals surface area contributed by atoms with Gasteiger partial charge in [0.2, 0.25) is 0 Å². The van der Waals surface area contributed by atoms with Gasteiger partial charge in [-0.1, -0.05) is 6.07 Å². The second-order valence-corrected chi connectivity index (χ2v) is 4.65. The van der Waals surface area contributed by atoms with Gasteiger partial charge < -0.3 is 20.3 Å². The molecule has 0 spiro atoms. The fourth-order valence-electron chi connectivity index (χ4n) is 2.71. The van der Waals surface area contributed by atoms with Gasteiger partial charge in [0.1, 0.15) is 11.4 Å². The molecule has 0 radical (unpaired) electrons. The summed E-state index contributed by atoms with van der Waals surface area (Å²) in [5.74, 6) is 0.865. The first-order chi connectivity index (χ1) is 8.75. The molecule has 4 nitrogen and oxygen atoms in total. The average molecular weight is 251 g/mol. The summed E-state index contributed by atoms with van der Waals surface area (Å²) in [4.78, 5) is 0. The molecule has 1 aliphatic carbocycles. The summed E-state index contributed by atoms with van der Waals surface area (Å²) in [6.07, 6.45) is 2.97. The zero-order chi connectivity index (χ0) is 13.0. The molecule has 1 atom stereocenters. The number of hydrogen-bond acceptors (Lipinski definition) is 4. The minimum Gasteiger partial charge on any atom is -0.497 e. The largest absolute Gasteiger partial charge is 0.497 e. The van der Waals surface area contributed by atoms with Crippen LogP contribution < -0.4 is 10.5 Å². The molecule has 18 heavy (non-hydrogen) atoms. The molecule has 1 aromatic carbocycles. The quantitative estimate of drug-likeness (QED) is 0.825. The Morgan fingerprint density at radius 1 is 1.44 bits per heavy atom. The van der Waals surface area contributed by atoms with E-state index < -0.39 is 5.60 Å². The summed E-state index contributed by atoms with van der Waals surface area (Å²) in [5.41, 5.74) is 7.87. The predicted octanol–water partition coefficient (Wildman–Crippen LogP) is 1.19. The van der Waals surface area contributed by atoms with Crippen molar-refractivity contribution in [3.8, 4) is 5.75 Å². The lowest BCUT2D eigenvalue weighted by Gasteiger charge is -2.38. The van der Waals surface area contributed by atoms with Crippen molar-refractivity contribution < 1.29 is 14.6 Å². The number of nitrogens with two attached hydrogens (primary N) is 1. The highest BCUT2D eigenvalue weighted by molar-refractivity contribution is 5.41. The van der Waals surface area contributed by atoms with Crippen molar-refractivity contribution in [2.24, 2.45) is 5.73 Å². The van der Waals surface area contributed by atoms with Crippen LogP contribution in [0.2, 0.25) is 0 Å². The molecule has 0 aromatic heterocycles. The minimum absolute atomic E-state index is 0.0211. The summed E-state index contributed by atoms with van der Waals surface area (Å²) in [6, 6.07) is 6.04. The van der Waals surface area contributed by atoms with Crippen molar-refractivity contribution in [2.45, 2.75) is 24.9 Å². The van der Waals surface area contributed by atoms with Crippen LogP contribution in [0.5, 0.6) is 5.75 Å². The summed E-state index contributed by atoms with van der Waals surface area (Å²) in [5, 5.41) is 8.95. The lowest BCUT2D eigenvalue weighted by Crippen LogP contribution is -2.41. The standard InChI is InChI=1S/C14H21NO3/c1-17-12-4-5-13-11(9-12)3-2-6-14(13,10-15)18-8-7-16/h4-5,9,16H,2-3,6-8,10,15H2,1H3. The second-order valence-electron chi connectivity index (χ2n) is 4.65. The molecule has 1 unspecified atom stereocenters. The molecule has 0 bridgehead atoms. The highest BCUT2D eigenvalue weighted by atomic mass is 16.5. The van der Waals surface area contributed by atoms with E-state index in [1.165, 1.54) is 5.56 Å². The molecule has 100 valence electrons. The number of rotatable bonds is 5. The fraction of sp³-hybridized carbons (Fsp3) is 0.571. The predicted molar refractivity (Wildman–Crippen MR) is 69.7 cm³/mol. The molecule has 0 saturated carbocycles. The van der Waals surface area contributed by atoms with Crippen LogP contribution in [0, 0.1) is 0 Å². The van der Waals surface area contributed by atoms with E-state index in [4.69, 9.17) is 20.3 Å². The van der Waals surface area contributed by atoms with E-state index in [2.05, 4.69) is 6.07 Å². The van der Waals surface area contributed by atoms with Gasteiger partial charge in [-0.2, -0.15) is 0 Å². The fourth-order valence-corrected chi connectivity index (χ4v) is 2.71. The number of aliphatic hydroxyl groups is 1. The number of hydrogen-bond donors (Lipinski definition) is 2. The maximum absolute atomic E-state index is 8.95. The van der Waals surface area contributed by atoms with Crippen molar-refractivity contribution in [3.05, 3.63) is 29.3 Å². The lowest BCUT2D eigenvalue weighted by atomic mass is 9.79. The summed E-state index contributed by atoms with van der Waals surface area (Å²) < 4.78 is 11.1. The highest BCUT2D eigenvalue weighted by Crippen LogP contribution is 2.39. The Labute approximate surface area is 108 Å². The number of fused-ring (bicyclic) bond motifs is 1. The van der Waals surface area contributed by atoms with Gasteiger partial charge in [0, 0.05) is 6.54 Å². The molecule has 1 aliphatic rings. The van der Waals surface area contributed by atoms with E-state index in [0.29, 0.717) is 13.2 Å². The van der Waals surface area contributed by atoms with Crippen molar-refractivity contribution >= 4 is 0 Å². The van der Waals surface area contributed by atoms with Gasteiger partial charge in [0.15, 0.2) is 0 Å². The van der Waals surface area contributed by atoms with Gasteiger partial charge in [0.25, 0.3) is 0 Å². The molecule has 0 fully saturated rings. The summed E-state index contributed by atoms with van der Waals surface area (Å²) in [6.45, 7) is 0.780. The molecular formula is C14H21NO3. The van der Waals surface area contributed by atoms with Crippen LogP contribution in [0.3, 0.4) is 0 Å². The Bertz CT molecular complexity index is 408. The van der Waals surface area contributed by atoms with Gasteiger partial charge in [-0.25, -0.2) is 0 Å². The molecule has 4 heteroatoms. The molecular weight excluding hydrogens is 230 g/mol. The van der Waals surface area contributed by atoms with Gasteiger partial charge in [0.05, 0.1) is 20.3 Å². The van der Waals surface area contributed by atoms with E-state index in [0.717, 1.165) is 30.6 Å². The van der Waals surface area contributed by atoms with Crippen LogP contribution in [-0.2, 0) is 16.8 Å². The third-order valence-electron chi connectivity index (χ3n) is 3.63. The van der Waals surface area contributed by atoms with Crippen molar-refractivity contribution in [3.63, 3.8) is 0 Å². The Morgan fingerprint density at radius 2 is 2.28 bits per heavy atom. The molecule has 0 amide bonds. The smallest absolute Gasteiger partial charge is 0.119 e. The van der Waals surface area contributed by atoms with Crippen LogP contribution in [-0.4, -0.2) is 32.0 Å². The third-order valence-corrected chi connectivity index (χ3v) is 3.63. The number of ether oxygens (including phenoxy) is 2. The zero-order valence-electron chi connectivity index (χ0n) is 10.8. The highest BCUT2D eigenvalue weighted by Gasteiger charge is 2.36. The Morgan fingerprint density at radius 3 is 2.94 bits per heavy atom. The van der Waals surface area contributed by atoms with E-state index in [1.54, 1.807) is 7.11 Å². The number of methoxy groups -OCH3 is 1. The second kappa shape index (κ2) is 5.69. The van der Waals surface area contributed by atoms with Crippen LogP contribution in [0.4, 0.5) is 0 Å². The van der Waals surface area contributed by atoms with Gasteiger partial charge in [-0.15, -0.1) is 0 Å². The number of aryl methyl sites for hydroxylation is 1. The van der Waals surface area contributed by atoms with Crippen molar-refractivity contribution in [1.29, 1.82) is 0 Å². The third kappa shape index (κ3) is 2.36. The first-order valence-corrected chi connectivity index (χ1v) is 6.38. The van der Waals surface area contributed by atoms with E-state index in [1.807, 2.05) is 12.1 Å². The first kappa shape index (κ1) is 13.3. The van der Waals surface area contributed by atoms with Gasteiger partial charge in [-0.05, 0) is 42.5 Å². The summed E-state index contributed by atoms with van der Waals surface area (Å²) >= 11 is 0. The maximum atomic E-state index is 8.95. The molecule has 0 saturated heterocycles. The van der Waals surface area contributed by atoms with Crippen molar-refractivity contribution in [2.75, 3.05) is 26.9 Å². The molecule has 0 aliphatic heterocycles. The summed E-state index contributed by atoms with van der Waals surface area (Å²) in [7, 11) is 1.67. The number of benzene rings is 1. The van der Waals surface area contributed by atoms with Crippen molar-refractivity contribution in [1.82, 2.24) is 0 Å². The average Bonchev–Trinajstić information content (AvgIpc) is 2.44.